The van der Waals surface area contributed by atoms with Gasteiger partial charge in [0.25, 0.3) is 0 Å². The summed E-state index contributed by atoms with van der Waals surface area (Å²) in [6, 6.07) is -0.840. The van der Waals surface area contributed by atoms with Crippen molar-refractivity contribution in [2.45, 2.75) is 228 Å². The molecular formula is C74H129N5O11S2. The van der Waals surface area contributed by atoms with Crippen molar-refractivity contribution in [3.8, 4) is 0 Å². The highest BCUT2D eigenvalue weighted by atomic mass is 32.2. The molecule has 0 aromatic heterocycles. The molecule has 8 rings (SSSR count). The molecule has 6 fully saturated rings. The van der Waals surface area contributed by atoms with Gasteiger partial charge in [0.05, 0.1) is 69.8 Å². The summed E-state index contributed by atoms with van der Waals surface area (Å²) < 4.78 is 32.5. The Morgan fingerprint density at radius 3 is 1.54 bits per heavy atom. The van der Waals surface area contributed by atoms with Gasteiger partial charge in [-0.05, 0) is 197 Å². The minimum absolute atomic E-state index is 0.00772. The van der Waals surface area contributed by atoms with Crippen molar-refractivity contribution in [3.05, 3.63) is 23.3 Å². The molecule has 6 saturated carbocycles. The van der Waals surface area contributed by atoms with Gasteiger partial charge in [0.2, 0.25) is 17.7 Å². The Balaban J connectivity index is 0.000000223. The lowest BCUT2D eigenvalue weighted by Crippen LogP contribution is -2.51. The number of hydrogen-bond acceptors (Lipinski definition) is 15. The van der Waals surface area contributed by atoms with Crippen LogP contribution in [0.15, 0.2) is 23.3 Å². The maximum atomic E-state index is 12.5. The number of esters is 2. The van der Waals surface area contributed by atoms with Crippen LogP contribution in [0.1, 0.15) is 204 Å². The molecule has 0 spiro atoms. The van der Waals surface area contributed by atoms with E-state index in [1.54, 1.807) is 32.4 Å². The smallest absolute Gasteiger partial charge is 0.316 e. The lowest BCUT2D eigenvalue weighted by atomic mass is 9.47. The van der Waals surface area contributed by atoms with Crippen LogP contribution >= 0.6 is 23.5 Å². The highest BCUT2D eigenvalue weighted by molar-refractivity contribution is 8.00. The van der Waals surface area contributed by atoms with E-state index < -0.39 is 23.9 Å². The van der Waals surface area contributed by atoms with Gasteiger partial charge in [-0.15, -0.1) is 23.5 Å². The lowest BCUT2D eigenvalue weighted by molar-refractivity contribution is -0.151. The van der Waals surface area contributed by atoms with E-state index in [0.717, 1.165) is 104 Å². The first-order chi connectivity index (χ1) is 43.9. The van der Waals surface area contributed by atoms with Gasteiger partial charge >= 0.3 is 11.9 Å². The number of carbonyl (C=O) groups is 5. The van der Waals surface area contributed by atoms with Crippen LogP contribution in [0, 0.1) is 86.8 Å². The summed E-state index contributed by atoms with van der Waals surface area (Å²) in [6.45, 7) is 28.6. The molecule has 0 radical (unpaired) electrons. The topological polar surface area (TPSA) is 229 Å². The number of fused-ring (bicyclic) bond motifs is 10. The Labute approximate surface area is 565 Å². The molecule has 1 unspecified atom stereocenters. The molecule has 0 saturated heterocycles. The van der Waals surface area contributed by atoms with Crippen molar-refractivity contribution in [1.82, 2.24) is 16.0 Å². The number of carbonyl (C=O) groups excluding carboxylic acids is 5. The first kappa shape index (κ1) is 78.3. The number of primary amides is 2. The Kier molecular flexibility index (Phi) is 32.2. The number of ether oxygens (including phenoxy) is 6. The monoisotopic (exact) mass is 1330 g/mol. The van der Waals surface area contributed by atoms with Gasteiger partial charge in [-0.2, -0.15) is 0 Å². The van der Waals surface area contributed by atoms with Crippen LogP contribution < -0.4 is 27.4 Å². The number of likely N-dealkylation sites (N-methyl/N-ethyl adjacent to an activating group) is 2. The molecule has 8 aliphatic rings. The number of nitrogens with one attached hydrogen (secondary N) is 3. The summed E-state index contributed by atoms with van der Waals surface area (Å²) in [6.07, 6.45) is 31.1. The van der Waals surface area contributed by atoms with Crippen LogP contribution in [0.3, 0.4) is 0 Å². The van der Waals surface area contributed by atoms with Gasteiger partial charge in [-0.25, -0.2) is 0 Å². The predicted molar refractivity (Wildman–Crippen MR) is 374 cm³/mol. The second kappa shape index (κ2) is 37.9. The fraction of sp³-hybridized carbons (Fsp3) is 0.878. The lowest BCUT2D eigenvalue weighted by Gasteiger charge is -2.58. The standard InChI is InChI=1S/C31H52O2.C28H46N2O3S.C15H31N3O6S/c1-7-9-29(32)33-24-16-18-30(5)23(20-24)12-13-25-27-15-14-26(22(4)11-8-10-21(2)3)31(27,6)19-17-28(25)30;1-17(2)21-8-9-22-20-7-6-18-14-19(33-25(31)16-34-15-24(30-5)26(29)32)10-12-27(18,3)23(20)11-13-28(21,22)4;1-17-13(15(16)20)11-25-12-14(19)18-3-4-22-7-8-24-10-9-23-6-5-21-2/h12,21-22,24-28H,7-11,13-20H2,1-6H3;6,17,19-24,30H,7-16H2,1-5H3,(H2,29,32);13,17H,3-12H2,1-2H3,(H2,16,20)(H,18,19)/t22-,24?,25+,26-,27+,28+,30+,31-;19-,20-,21+,22-,23-,24-,27-,28+;13-/m100/s1. The van der Waals surface area contributed by atoms with Crippen LogP contribution in [-0.4, -0.2) is 151 Å². The third-order valence-corrected chi connectivity index (χ3v) is 26.4. The molecule has 18 heteroatoms. The van der Waals surface area contributed by atoms with E-state index in [4.69, 9.17) is 39.9 Å². The quantitative estimate of drug-likeness (QED) is 0.0229. The number of hydrogen-bond donors (Lipinski definition) is 5. The third kappa shape index (κ3) is 20.9. The Bertz CT molecular complexity index is 2380. The normalized spacial score (nSPS) is 32.8. The summed E-state index contributed by atoms with van der Waals surface area (Å²) in [5.41, 5.74) is 15.4. The molecular weight excluding hydrogens is 1200 g/mol. The fourth-order valence-electron chi connectivity index (χ4n) is 19.4. The third-order valence-electron chi connectivity index (χ3n) is 24.4. The summed E-state index contributed by atoms with van der Waals surface area (Å²) in [5.74, 6) is 9.88. The molecule has 3 amide bonds. The summed E-state index contributed by atoms with van der Waals surface area (Å²) in [5, 5.41) is 8.42. The Morgan fingerprint density at radius 2 is 1.07 bits per heavy atom. The van der Waals surface area contributed by atoms with Crippen LogP contribution in [0.25, 0.3) is 0 Å². The van der Waals surface area contributed by atoms with Gasteiger partial charge in [-0.1, -0.05) is 112 Å². The van der Waals surface area contributed by atoms with Crippen molar-refractivity contribution in [3.63, 3.8) is 0 Å². The largest absolute Gasteiger partial charge is 0.462 e. The van der Waals surface area contributed by atoms with E-state index in [0.29, 0.717) is 87.0 Å². The maximum absolute atomic E-state index is 12.5. The zero-order chi connectivity index (χ0) is 67.2. The van der Waals surface area contributed by atoms with E-state index in [2.05, 4.69) is 97.3 Å². The average Bonchev–Trinajstić information content (AvgIpc) is 1.34. The molecule has 17 atom stereocenters. The van der Waals surface area contributed by atoms with Crippen molar-refractivity contribution in [2.75, 3.05) is 97.0 Å². The van der Waals surface area contributed by atoms with Gasteiger partial charge in [0.15, 0.2) is 0 Å². The van der Waals surface area contributed by atoms with Crippen LogP contribution in [0.4, 0.5) is 0 Å². The number of nitrogens with two attached hydrogens (primary N) is 2. The van der Waals surface area contributed by atoms with Gasteiger partial charge in [0.1, 0.15) is 12.2 Å². The summed E-state index contributed by atoms with van der Waals surface area (Å²) >= 11 is 2.76. The molecule has 7 N–H and O–H groups in total. The molecule has 92 heavy (non-hydrogen) atoms. The van der Waals surface area contributed by atoms with E-state index in [-0.39, 0.29) is 47.0 Å². The van der Waals surface area contributed by atoms with Crippen LogP contribution in [-0.2, 0) is 52.4 Å². The van der Waals surface area contributed by atoms with E-state index in [9.17, 15) is 24.0 Å². The van der Waals surface area contributed by atoms with Crippen LogP contribution in [0.2, 0.25) is 0 Å². The van der Waals surface area contributed by atoms with Crippen LogP contribution in [0.5, 0.6) is 0 Å². The highest BCUT2D eigenvalue weighted by Gasteiger charge is 2.61. The van der Waals surface area contributed by atoms with Crippen molar-refractivity contribution < 1.29 is 52.4 Å². The van der Waals surface area contributed by atoms with Gasteiger partial charge in [0, 0.05) is 44.4 Å². The maximum Gasteiger partial charge on any atom is 0.316 e. The SMILES string of the molecule is CCCC(=O)OC1CC[C@@]2(C)C(=CC[C@H]3[C@@H]4CC[C@H]([C@H](C)CCCC(C)C)[C@@]4(C)CC[C@@H]32)C1.CN[C@@H](CSCC(=O)NCCOCCOCCOCCOC)C(N)=O.CN[C@@H](CSCC(=O)O[C@H]1CC[C@@]2(C)C(=CC[C@H]3[C@@H]4CC[C@H](C(C)C)[C@@]4(C)CC[C@@H]32)C1)C(N)=O. The summed E-state index contributed by atoms with van der Waals surface area (Å²) in [7, 11) is 4.99. The van der Waals surface area contributed by atoms with E-state index in [1.807, 2.05) is 0 Å². The first-order valence-electron chi connectivity index (χ1n) is 36.3. The molecule has 528 valence electrons. The minimum Gasteiger partial charge on any atom is -0.462 e. The second-order valence-electron chi connectivity index (χ2n) is 30.7. The second-order valence-corrected chi connectivity index (χ2v) is 32.7. The number of rotatable bonds is 34. The average molecular weight is 1330 g/mol. The molecule has 0 aromatic rings. The van der Waals surface area contributed by atoms with Crippen molar-refractivity contribution >= 4 is 53.2 Å². The Morgan fingerprint density at radius 1 is 0.587 bits per heavy atom. The molecule has 0 bridgehead atoms. The number of allylic oxidation sites excluding steroid dienone is 2. The number of thioether (sulfide) groups is 2. The van der Waals surface area contributed by atoms with Crippen molar-refractivity contribution in [2.24, 2.45) is 98.2 Å². The van der Waals surface area contributed by atoms with Gasteiger partial charge < -0.3 is 55.8 Å². The van der Waals surface area contributed by atoms with E-state index in [1.165, 1.54) is 113 Å². The number of methoxy groups -OCH3 is 1. The highest BCUT2D eigenvalue weighted by Crippen LogP contribution is 2.69. The molecule has 0 aromatic carbocycles. The van der Waals surface area contributed by atoms with Crippen molar-refractivity contribution in [1.29, 1.82) is 0 Å². The van der Waals surface area contributed by atoms with E-state index >= 15 is 0 Å². The fourth-order valence-corrected chi connectivity index (χ4v) is 21.3. The number of amides is 3. The zero-order valence-electron chi connectivity index (χ0n) is 59.6. The van der Waals surface area contributed by atoms with Gasteiger partial charge in [-0.3, -0.25) is 24.0 Å². The molecule has 16 nitrogen and oxygen atoms in total. The minimum atomic E-state index is -0.425. The molecule has 8 aliphatic carbocycles. The molecule has 0 aliphatic heterocycles. The Hall–Kier alpha value is -2.71. The zero-order valence-corrected chi connectivity index (χ0v) is 61.2. The summed E-state index contributed by atoms with van der Waals surface area (Å²) in [4.78, 5) is 58.5. The first-order valence-corrected chi connectivity index (χ1v) is 38.6. The molecule has 0 heterocycles. The predicted octanol–water partition coefficient (Wildman–Crippen LogP) is 12.3.